The summed E-state index contributed by atoms with van der Waals surface area (Å²) in [5.41, 5.74) is 1.51. The van der Waals surface area contributed by atoms with Crippen molar-refractivity contribution in [3.63, 3.8) is 0 Å². The molecule has 130 valence electrons. The molecule has 1 aromatic carbocycles. The summed E-state index contributed by atoms with van der Waals surface area (Å²) in [4.78, 5) is 14.7. The van der Waals surface area contributed by atoms with Crippen molar-refractivity contribution >= 4 is 22.0 Å². The molecule has 3 aliphatic rings. The van der Waals surface area contributed by atoms with Crippen LogP contribution in [0.2, 0.25) is 0 Å². The Labute approximate surface area is 152 Å². The maximum atomic E-state index is 12.3. The van der Waals surface area contributed by atoms with E-state index < -0.39 is 0 Å². The number of hydrogen-bond donors (Lipinski definition) is 2. The lowest BCUT2D eigenvalue weighted by Crippen LogP contribution is -2.50. The third-order valence-electron chi connectivity index (χ3n) is 5.99. The van der Waals surface area contributed by atoms with Crippen molar-refractivity contribution in [3.8, 4) is 0 Å². The highest BCUT2D eigenvalue weighted by atomic mass is 79.9. The third-order valence-corrected chi connectivity index (χ3v) is 6.48. The monoisotopic (exact) mass is 391 g/mol. The average Bonchev–Trinajstić information content (AvgIpc) is 3.08. The Kier molecular flexibility index (Phi) is 4.56. The summed E-state index contributed by atoms with van der Waals surface area (Å²) in [7, 11) is 0. The molecule has 2 saturated carbocycles. The largest absolute Gasteiger partial charge is 0.335 e. The predicted octanol–water partition coefficient (Wildman–Crippen LogP) is 3.66. The number of rotatable bonds is 4. The van der Waals surface area contributed by atoms with Gasteiger partial charge < -0.3 is 10.6 Å². The van der Waals surface area contributed by atoms with E-state index in [2.05, 4.69) is 55.7 Å². The Morgan fingerprint density at radius 1 is 1.29 bits per heavy atom. The number of hydrogen-bond acceptors (Lipinski definition) is 2. The van der Waals surface area contributed by atoms with Crippen LogP contribution in [0.4, 0.5) is 4.79 Å². The van der Waals surface area contributed by atoms with Crippen LogP contribution in [0.1, 0.15) is 44.1 Å². The second-order valence-corrected chi connectivity index (χ2v) is 8.64. The van der Waals surface area contributed by atoms with Crippen molar-refractivity contribution in [2.75, 3.05) is 13.1 Å². The Morgan fingerprint density at radius 2 is 2.12 bits per heavy atom. The summed E-state index contributed by atoms with van der Waals surface area (Å²) in [5, 5.41) is 6.47. The zero-order valence-electron chi connectivity index (χ0n) is 14.1. The second kappa shape index (κ2) is 6.68. The lowest BCUT2D eigenvalue weighted by molar-refractivity contribution is 0.185. The molecule has 2 atom stereocenters. The first-order valence-corrected chi connectivity index (χ1v) is 9.98. The third kappa shape index (κ3) is 3.62. The molecule has 4 rings (SSSR count). The van der Waals surface area contributed by atoms with Crippen LogP contribution in [0.5, 0.6) is 0 Å². The molecule has 24 heavy (non-hydrogen) atoms. The molecule has 2 unspecified atom stereocenters. The number of halogens is 1. The SMILES string of the molecule is O=C(NC1CCN(Cc2cccc(Br)c2)CC1)NC12CCCC1C2. The quantitative estimate of drug-likeness (QED) is 0.822. The van der Waals surface area contributed by atoms with Gasteiger partial charge >= 0.3 is 6.03 Å². The first kappa shape index (κ1) is 16.4. The van der Waals surface area contributed by atoms with Gasteiger partial charge in [0.15, 0.2) is 0 Å². The number of nitrogens with one attached hydrogen (secondary N) is 2. The second-order valence-electron chi connectivity index (χ2n) is 7.73. The molecule has 3 fully saturated rings. The van der Waals surface area contributed by atoms with Crippen LogP contribution < -0.4 is 10.6 Å². The van der Waals surface area contributed by atoms with Gasteiger partial charge in [0, 0.05) is 35.7 Å². The van der Waals surface area contributed by atoms with Gasteiger partial charge in [-0.15, -0.1) is 0 Å². The molecule has 1 saturated heterocycles. The van der Waals surface area contributed by atoms with Crippen molar-refractivity contribution < 1.29 is 4.79 Å². The van der Waals surface area contributed by atoms with Gasteiger partial charge in [-0.3, -0.25) is 4.90 Å². The smallest absolute Gasteiger partial charge is 0.315 e. The first-order chi connectivity index (χ1) is 11.6. The Balaban J connectivity index is 1.21. The predicted molar refractivity (Wildman–Crippen MR) is 98.8 cm³/mol. The number of fused-ring (bicyclic) bond motifs is 1. The van der Waals surface area contributed by atoms with E-state index in [1.165, 1.54) is 31.2 Å². The van der Waals surface area contributed by atoms with Crippen molar-refractivity contribution in [1.82, 2.24) is 15.5 Å². The van der Waals surface area contributed by atoms with E-state index in [0.717, 1.165) is 42.9 Å². The summed E-state index contributed by atoms with van der Waals surface area (Å²) in [6.45, 7) is 3.08. The highest BCUT2D eigenvalue weighted by Gasteiger charge is 2.57. The summed E-state index contributed by atoms with van der Waals surface area (Å²) >= 11 is 3.53. The maximum Gasteiger partial charge on any atom is 0.315 e. The van der Waals surface area contributed by atoms with Gasteiger partial charge in [-0.1, -0.05) is 34.5 Å². The zero-order valence-corrected chi connectivity index (χ0v) is 15.6. The number of carbonyl (C=O) groups excluding carboxylic acids is 1. The first-order valence-electron chi connectivity index (χ1n) is 9.18. The van der Waals surface area contributed by atoms with Crippen LogP contribution in [0.3, 0.4) is 0 Å². The standard InChI is InChI=1S/C19H26BrN3O/c20-16-5-1-3-14(11-16)13-23-9-6-17(7-10-23)21-18(24)22-19-8-2-4-15(19)12-19/h1,3,5,11,15,17H,2,4,6-10,12-13H2,(H2,21,22,24). The summed E-state index contributed by atoms with van der Waals surface area (Å²) in [6, 6.07) is 8.89. The number of carbonyl (C=O) groups is 1. The average molecular weight is 392 g/mol. The number of amides is 2. The van der Waals surface area contributed by atoms with Crippen molar-refractivity contribution in [3.05, 3.63) is 34.3 Å². The molecule has 2 aliphatic carbocycles. The fraction of sp³-hybridized carbons (Fsp3) is 0.632. The van der Waals surface area contributed by atoms with Crippen LogP contribution in [-0.4, -0.2) is 35.6 Å². The number of nitrogens with zero attached hydrogens (tertiary/aromatic N) is 1. The van der Waals surface area contributed by atoms with E-state index in [1.807, 2.05) is 0 Å². The minimum atomic E-state index is 0.0600. The Morgan fingerprint density at radius 3 is 2.79 bits per heavy atom. The molecule has 1 aliphatic heterocycles. The van der Waals surface area contributed by atoms with Crippen LogP contribution in [0, 0.1) is 5.92 Å². The van der Waals surface area contributed by atoms with Crippen molar-refractivity contribution in [2.24, 2.45) is 5.92 Å². The lowest BCUT2D eigenvalue weighted by atomic mass is 10.0. The molecule has 4 nitrogen and oxygen atoms in total. The minimum absolute atomic E-state index is 0.0600. The van der Waals surface area contributed by atoms with Crippen LogP contribution in [0.25, 0.3) is 0 Å². The van der Waals surface area contributed by atoms with Gasteiger partial charge in [0.2, 0.25) is 0 Å². The van der Waals surface area contributed by atoms with E-state index in [9.17, 15) is 4.79 Å². The summed E-state index contributed by atoms with van der Waals surface area (Å²) in [6.07, 6.45) is 7.03. The number of benzene rings is 1. The molecular weight excluding hydrogens is 366 g/mol. The van der Waals surface area contributed by atoms with Gasteiger partial charge in [0.25, 0.3) is 0 Å². The Hall–Kier alpha value is -1.07. The van der Waals surface area contributed by atoms with Crippen LogP contribution in [0.15, 0.2) is 28.7 Å². The molecule has 0 spiro atoms. The molecule has 0 aromatic heterocycles. The molecule has 2 amide bonds. The molecule has 1 heterocycles. The normalized spacial score (nSPS) is 30.0. The molecule has 1 aromatic rings. The fourth-order valence-corrected chi connectivity index (χ4v) is 4.97. The van der Waals surface area contributed by atoms with E-state index in [1.54, 1.807) is 0 Å². The molecular formula is C19H26BrN3O. The van der Waals surface area contributed by atoms with E-state index >= 15 is 0 Å². The summed E-state index contributed by atoms with van der Waals surface area (Å²) in [5.74, 6) is 0.760. The van der Waals surface area contributed by atoms with Gasteiger partial charge in [0.1, 0.15) is 0 Å². The molecule has 0 radical (unpaired) electrons. The number of piperidine rings is 1. The molecule has 2 N–H and O–H groups in total. The van der Waals surface area contributed by atoms with Gasteiger partial charge in [-0.2, -0.15) is 0 Å². The van der Waals surface area contributed by atoms with Crippen LogP contribution in [-0.2, 0) is 6.54 Å². The Bertz CT molecular complexity index is 614. The number of urea groups is 1. The van der Waals surface area contributed by atoms with Gasteiger partial charge in [-0.05, 0) is 55.7 Å². The molecule has 0 bridgehead atoms. The number of likely N-dealkylation sites (tertiary alicyclic amines) is 1. The highest BCUT2D eigenvalue weighted by molar-refractivity contribution is 9.10. The fourth-order valence-electron chi connectivity index (χ4n) is 4.52. The van der Waals surface area contributed by atoms with Crippen molar-refractivity contribution in [2.45, 2.75) is 56.7 Å². The van der Waals surface area contributed by atoms with Crippen LogP contribution >= 0.6 is 15.9 Å². The van der Waals surface area contributed by atoms with Crippen molar-refractivity contribution in [1.29, 1.82) is 0 Å². The lowest BCUT2D eigenvalue weighted by Gasteiger charge is -2.32. The minimum Gasteiger partial charge on any atom is -0.335 e. The topological polar surface area (TPSA) is 44.4 Å². The van der Waals surface area contributed by atoms with E-state index in [0.29, 0.717) is 6.04 Å². The summed E-state index contributed by atoms with van der Waals surface area (Å²) < 4.78 is 1.14. The highest BCUT2D eigenvalue weighted by Crippen LogP contribution is 2.55. The maximum absolute atomic E-state index is 12.3. The van der Waals surface area contributed by atoms with E-state index in [-0.39, 0.29) is 11.6 Å². The van der Waals surface area contributed by atoms with Gasteiger partial charge in [0.05, 0.1) is 0 Å². The zero-order chi connectivity index (χ0) is 16.6. The van der Waals surface area contributed by atoms with Gasteiger partial charge in [-0.25, -0.2) is 4.79 Å². The molecule has 5 heteroatoms. The van der Waals surface area contributed by atoms with E-state index in [4.69, 9.17) is 0 Å².